The van der Waals surface area contributed by atoms with Crippen LogP contribution < -0.4 is 14.8 Å². The molecule has 8 aromatic rings. The maximum Gasteiger partial charge on any atom is 0.286 e. The van der Waals surface area contributed by atoms with Gasteiger partial charge >= 0.3 is 0 Å². The topological polar surface area (TPSA) is 176 Å². The van der Waals surface area contributed by atoms with Gasteiger partial charge in [-0.3, -0.25) is 14.9 Å². The number of imide groups is 1. The summed E-state index contributed by atoms with van der Waals surface area (Å²) in [6.45, 7) is 6.20. The van der Waals surface area contributed by atoms with Crippen molar-refractivity contribution in [2.45, 2.75) is 63.9 Å². The molecule has 3 unspecified atom stereocenters. The van der Waals surface area contributed by atoms with Crippen molar-refractivity contribution >= 4 is 45.0 Å². The van der Waals surface area contributed by atoms with Crippen LogP contribution in [0.1, 0.15) is 66.4 Å². The average Bonchev–Trinajstić information content (AvgIpc) is 4.06. The van der Waals surface area contributed by atoms with E-state index in [9.17, 15) is 9.59 Å². The lowest BCUT2D eigenvalue weighted by molar-refractivity contribution is -0.118. The van der Waals surface area contributed by atoms with Crippen LogP contribution in [0.2, 0.25) is 0 Å². The Balaban J connectivity index is 0.956. The van der Waals surface area contributed by atoms with Gasteiger partial charge < -0.3 is 19.4 Å². The number of imidazole rings is 2. The predicted octanol–water partition coefficient (Wildman–Crippen LogP) is 8.94. The van der Waals surface area contributed by atoms with Gasteiger partial charge in [0, 0.05) is 24.5 Å². The van der Waals surface area contributed by atoms with Crippen molar-refractivity contribution in [3.05, 3.63) is 137 Å². The Bertz CT molecular complexity index is 2780. The number of nitrogens with one attached hydrogen (secondary N) is 4. The fraction of sp³-hybridized carbons (Fsp3) is 0.222. The van der Waals surface area contributed by atoms with Crippen LogP contribution in [0.3, 0.4) is 0 Å². The summed E-state index contributed by atoms with van der Waals surface area (Å²) < 4.78 is 13.2. The van der Waals surface area contributed by atoms with Gasteiger partial charge in [0.1, 0.15) is 29.3 Å². The molecule has 3 atom stereocenters. The molecule has 4 heterocycles. The quantitative estimate of drug-likeness (QED) is 0.0830. The Labute approximate surface area is 343 Å². The molecule has 9 rings (SSSR count). The van der Waals surface area contributed by atoms with Crippen molar-refractivity contribution in [2.24, 2.45) is 0 Å². The van der Waals surface area contributed by atoms with Gasteiger partial charge in [0.15, 0.2) is 11.9 Å². The van der Waals surface area contributed by atoms with E-state index in [0.717, 1.165) is 91.4 Å². The second kappa shape index (κ2) is 16.2. The molecule has 0 spiro atoms. The number of tetrazole rings is 1. The van der Waals surface area contributed by atoms with E-state index in [4.69, 9.17) is 19.4 Å². The van der Waals surface area contributed by atoms with Gasteiger partial charge in [0.25, 0.3) is 5.24 Å². The number of aryl methyl sites for hydroxylation is 2. The lowest BCUT2D eigenvalue weighted by Crippen LogP contribution is -2.25. The number of fused-ring (bicyclic) bond motifs is 2. The SMILES string of the molecule is CCCc1nc2c(C)cc(C(Cc3ccc(-c4ccccc4-c4nnn[nH]4)cc3)Oc3ccc4nc(C(C)Oc5ccc(CC6SC(=O)NC6=O)cc5)[nH]c4c3)cc2[nH]1. The number of thioether (sulfide) groups is 1. The van der Waals surface area contributed by atoms with Gasteiger partial charge in [-0.2, -0.15) is 0 Å². The number of rotatable bonds is 14. The van der Waals surface area contributed by atoms with Crippen LogP contribution in [0, 0.1) is 6.92 Å². The third-order valence-electron chi connectivity index (χ3n) is 10.5. The molecule has 1 saturated heterocycles. The normalized spacial score (nSPS) is 15.1. The van der Waals surface area contributed by atoms with E-state index in [2.05, 4.69) is 92.2 Å². The molecule has 296 valence electrons. The molecule has 1 fully saturated rings. The standard InChI is InChI=1S/C45H41N9O4S/c1-4-7-40-46-37-23-30(20-25(2)41(37)49-40)38(21-27-10-14-29(15-11-27)33-8-5-6-9-34(33)43-51-53-54-52-43)58-32-18-19-35-36(24-32)48-42(47-35)26(3)57-31-16-12-28(13-17-31)22-39-44(55)50-45(56)59-39/h5-6,8-20,23-24,26,38-39H,4,7,21-22H2,1-3H3,(H,46,49)(H,47,48)(H,50,55,56)(H,51,52,53,54). The van der Waals surface area contributed by atoms with Crippen molar-refractivity contribution in [3.8, 4) is 34.0 Å². The summed E-state index contributed by atoms with van der Waals surface area (Å²) >= 11 is 1.03. The smallest absolute Gasteiger partial charge is 0.286 e. The molecule has 4 N–H and O–H groups in total. The maximum atomic E-state index is 12.0. The Morgan fingerprint density at radius 1 is 0.814 bits per heavy atom. The molecule has 59 heavy (non-hydrogen) atoms. The average molecular weight is 804 g/mol. The van der Waals surface area contributed by atoms with E-state index in [-0.39, 0.29) is 23.4 Å². The first kappa shape index (κ1) is 37.8. The Kier molecular flexibility index (Phi) is 10.4. The van der Waals surface area contributed by atoms with Gasteiger partial charge in [-0.05, 0) is 101 Å². The van der Waals surface area contributed by atoms with Crippen molar-refractivity contribution < 1.29 is 19.1 Å². The minimum Gasteiger partial charge on any atom is -0.485 e. The third-order valence-corrected chi connectivity index (χ3v) is 11.5. The van der Waals surface area contributed by atoms with Crippen LogP contribution in [0.15, 0.2) is 103 Å². The first-order valence-corrected chi connectivity index (χ1v) is 20.5. The van der Waals surface area contributed by atoms with E-state index in [1.165, 1.54) is 0 Å². The second-order valence-corrected chi connectivity index (χ2v) is 15.9. The number of hydrogen-bond donors (Lipinski definition) is 4. The van der Waals surface area contributed by atoms with Crippen LogP contribution in [0.4, 0.5) is 4.79 Å². The number of nitrogens with zero attached hydrogens (tertiary/aromatic N) is 5. The van der Waals surface area contributed by atoms with E-state index < -0.39 is 5.25 Å². The lowest BCUT2D eigenvalue weighted by Gasteiger charge is -2.21. The zero-order chi connectivity index (χ0) is 40.5. The Morgan fingerprint density at radius 2 is 1.59 bits per heavy atom. The number of hydrogen-bond acceptors (Lipinski definition) is 10. The first-order valence-electron chi connectivity index (χ1n) is 19.6. The minimum absolute atomic E-state index is 0.249. The predicted molar refractivity (Wildman–Crippen MR) is 227 cm³/mol. The van der Waals surface area contributed by atoms with E-state index in [0.29, 0.717) is 36.0 Å². The van der Waals surface area contributed by atoms with Gasteiger partial charge in [0.05, 0.1) is 27.3 Å². The molecule has 14 heteroatoms. The third kappa shape index (κ3) is 8.17. The molecule has 1 aliphatic rings. The number of ether oxygens (including phenoxy) is 2. The fourth-order valence-electron chi connectivity index (χ4n) is 7.53. The number of aromatic amines is 3. The molecule has 0 radical (unpaired) electrons. The highest BCUT2D eigenvalue weighted by Gasteiger charge is 2.31. The number of amides is 2. The van der Waals surface area contributed by atoms with Crippen LogP contribution in [-0.2, 0) is 24.1 Å². The van der Waals surface area contributed by atoms with Crippen molar-refractivity contribution in [1.29, 1.82) is 0 Å². The maximum absolute atomic E-state index is 12.0. The molecule has 13 nitrogen and oxygen atoms in total. The van der Waals surface area contributed by atoms with Gasteiger partial charge in [0.2, 0.25) is 5.91 Å². The van der Waals surface area contributed by atoms with E-state index in [1.807, 2.05) is 67.6 Å². The molecular weight excluding hydrogens is 763 g/mol. The number of carbonyl (C=O) groups excluding carboxylic acids is 2. The zero-order valence-electron chi connectivity index (χ0n) is 32.7. The molecule has 0 saturated carbocycles. The molecule has 0 aliphatic carbocycles. The van der Waals surface area contributed by atoms with E-state index in [1.54, 1.807) is 0 Å². The second-order valence-electron chi connectivity index (χ2n) is 14.8. The number of aromatic nitrogens is 8. The molecule has 2 amide bonds. The van der Waals surface area contributed by atoms with Crippen molar-refractivity contribution in [3.63, 3.8) is 0 Å². The molecule has 0 bridgehead atoms. The van der Waals surface area contributed by atoms with Crippen LogP contribution in [0.25, 0.3) is 44.6 Å². The molecule has 1 aliphatic heterocycles. The summed E-state index contributed by atoms with van der Waals surface area (Å²) in [7, 11) is 0. The minimum atomic E-state index is -0.416. The number of carbonyl (C=O) groups is 2. The highest BCUT2D eigenvalue weighted by atomic mass is 32.2. The molecular formula is C45H41N9O4S. The van der Waals surface area contributed by atoms with Crippen LogP contribution >= 0.6 is 11.8 Å². The largest absolute Gasteiger partial charge is 0.485 e. The van der Waals surface area contributed by atoms with Crippen molar-refractivity contribution in [2.75, 3.05) is 0 Å². The highest BCUT2D eigenvalue weighted by Crippen LogP contribution is 2.34. The Morgan fingerprint density at radius 3 is 2.34 bits per heavy atom. The summed E-state index contributed by atoms with van der Waals surface area (Å²) in [6, 6.07) is 34.5. The van der Waals surface area contributed by atoms with Gasteiger partial charge in [-0.1, -0.05) is 85.4 Å². The van der Waals surface area contributed by atoms with Crippen molar-refractivity contribution in [1.82, 2.24) is 45.9 Å². The summed E-state index contributed by atoms with van der Waals surface area (Å²) in [5.41, 5.74) is 10.8. The highest BCUT2D eigenvalue weighted by molar-refractivity contribution is 8.15. The fourth-order valence-corrected chi connectivity index (χ4v) is 8.39. The lowest BCUT2D eigenvalue weighted by atomic mass is 9.95. The summed E-state index contributed by atoms with van der Waals surface area (Å²) in [5, 5.41) is 16.2. The first-order chi connectivity index (χ1) is 28.8. The molecule has 3 aromatic heterocycles. The Hall–Kier alpha value is -6.80. The zero-order valence-corrected chi connectivity index (χ0v) is 33.5. The van der Waals surface area contributed by atoms with Crippen LogP contribution in [0.5, 0.6) is 11.5 Å². The summed E-state index contributed by atoms with van der Waals surface area (Å²) in [5.74, 6) is 3.41. The van der Waals surface area contributed by atoms with Crippen LogP contribution in [-0.4, -0.2) is 57.0 Å². The number of H-pyrrole nitrogens is 3. The van der Waals surface area contributed by atoms with Gasteiger partial charge in [-0.15, -0.1) is 5.10 Å². The number of benzene rings is 5. The summed E-state index contributed by atoms with van der Waals surface area (Å²) in [6.07, 6.45) is 2.30. The molecule has 5 aromatic carbocycles. The van der Waals surface area contributed by atoms with Gasteiger partial charge in [-0.25, -0.2) is 15.1 Å². The van der Waals surface area contributed by atoms with E-state index >= 15 is 0 Å². The summed E-state index contributed by atoms with van der Waals surface area (Å²) in [4.78, 5) is 40.3. The monoisotopic (exact) mass is 803 g/mol.